The zero-order valence-electron chi connectivity index (χ0n) is 20.3. The van der Waals surface area contributed by atoms with Gasteiger partial charge in [-0.3, -0.25) is 4.79 Å². The highest BCUT2D eigenvalue weighted by Crippen LogP contribution is 2.43. The lowest BCUT2D eigenvalue weighted by Gasteiger charge is -2.40. The lowest BCUT2D eigenvalue weighted by molar-refractivity contribution is -0.154. The van der Waals surface area contributed by atoms with E-state index < -0.39 is 30.0 Å². The molecule has 4 rings (SSSR count). The van der Waals surface area contributed by atoms with E-state index in [0.29, 0.717) is 23.0 Å². The van der Waals surface area contributed by atoms with Crippen molar-refractivity contribution in [3.05, 3.63) is 29.1 Å². The maximum Gasteiger partial charge on any atom is 0.443 e. The first-order valence-corrected chi connectivity index (χ1v) is 12.1. The molecule has 0 radical (unpaired) electrons. The van der Waals surface area contributed by atoms with Crippen LogP contribution in [0.5, 0.6) is 6.01 Å². The van der Waals surface area contributed by atoms with Crippen molar-refractivity contribution in [2.24, 2.45) is 0 Å². The Labute approximate surface area is 216 Å². The number of aromatic nitrogens is 6. The molecule has 38 heavy (non-hydrogen) atoms. The van der Waals surface area contributed by atoms with Gasteiger partial charge in [-0.05, 0) is 20.8 Å². The predicted molar refractivity (Wildman–Crippen MR) is 123 cm³/mol. The van der Waals surface area contributed by atoms with Crippen LogP contribution in [0.2, 0.25) is 0 Å². The lowest BCUT2D eigenvalue weighted by atomic mass is 10.1. The highest BCUT2D eigenvalue weighted by Gasteiger charge is 2.38. The van der Waals surface area contributed by atoms with E-state index in [0.717, 1.165) is 12.4 Å². The van der Waals surface area contributed by atoms with Gasteiger partial charge in [-0.15, -0.1) is 0 Å². The minimum atomic E-state index is -4.72. The minimum Gasteiger partial charge on any atom is -0.454 e. The number of halogens is 6. The Morgan fingerprint density at radius 2 is 1.79 bits per heavy atom. The molecule has 1 amide bonds. The number of piperazine rings is 1. The summed E-state index contributed by atoms with van der Waals surface area (Å²) >= 11 is 0.433. The van der Waals surface area contributed by atoms with Crippen LogP contribution < -0.4 is 9.64 Å². The van der Waals surface area contributed by atoms with E-state index in [4.69, 9.17) is 0 Å². The molecule has 4 heterocycles. The van der Waals surface area contributed by atoms with Gasteiger partial charge < -0.3 is 14.5 Å². The number of aryl methyl sites for hydroxylation is 2. The highest BCUT2D eigenvalue weighted by molar-refractivity contribution is 7.16. The molecule has 0 saturated carbocycles. The van der Waals surface area contributed by atoms with Crippen molar-refractivity contribution in [2.45, 2.75) is 45.7 Å². The van der Waals surface area contributed by atoms with E-state index in [-0.39, 0.29) is 54.4 Å². The molecule has 1 saturated heterocycles. The number of ether oxygens (including phenoxy) is 1. The summed E-state index contributed by atoms with van der Waals surface area (Å²) in [6, 6.07) is -0.919. The van der Waals surface area contributed by atoms with Crippen LogP contribution in [0, 0.1) is 13.8 Å². The van der Waals surface area contributed by atoms with Gasteiger partial charge in [0, 0.05) is 43.6 Å². The normalized spacial score (nSPS) is 16.7. The number of alkyl halides is 6. The molecule has 3 aromatic rings. The Bertz CT molecular complexity index is 1290. The number of hydrogen-bond donors (Lipinski definition) is 0. The number of carbonyl (C=O) groups excluding carboxylic acids is 1. The first-order chi connectivity index (χ1) is 17.7. The van der Waals surface area contributed by atoms with E-state index >= 15 is 0 Å². The van der Waals surface area contributed by atoms with Crippen molar-refractivity contribution in [1.82, 2.24) is 34.6 Å². The number of thiazole rings is 1. The van der Waals surface area contributed by atoms with Gasteiger partial charge in [0.05, 0.1) is 0 Å². The van der Waals surface area contributed by atoms with Crippen LogP contribution in [0.4, 0.5) is 31.3 Å². The van der Waals surface area contributed by atoms with Gasteiger partial charge in [0.15, 0.2) is 6.61 Å². The average molecular weight is 565 g/mol. The van der Waals surface area contributed by atoms with Gasteiger partial charge >= 0.3 is 18.4 Å². The molecule has 0 aliphatic carbocycles. The Morgan fingerprint density at radius 3 is 2.34 bits per heavy atom. The largest absolute Gasteiger partial charge is 0.454 e. The number of amides is 1. The summed E-state index contributed by atoms with van der Waals surface area (Å²) in [7, 11) is 0. The van der Waals surface area contributed by atoms with Crippen molar-refractivity contribution in [3.8, 4) is 17.3 Å². The van der Waals surface area contributed by atoms with Crippen molar-refractivity contribution in [3.63, 3.8) is 0 Å². The third-order valence-electron chi connectivity index (χ3n) is 5.60. The summed E-state index contributed by atoms with van der Waals surface area (Å²) in [4.78, 5) is 31.5. The maximum atomic E-state index is 13.5. The summed E-state index contributed by atoms with van der Waals surface area (Å²) in [6.45, 7) is 4.30. The topological polar surface area (TPSA) is 102 Å². The Kier molecular flexibility index (Phi) is 7.49. The number of nitrogens with zero attached hydrogens (tertiary/aromatic N) is 8. The standard InChI is InChI=1S/C21H22F6N8O2S/c1-11-8-33(4-5-34(11)15(36)9-35-13(3)30-12(2)32-35)17-16(31-18(38-17)21(25,26)27)14-6-28-19(29-7-14)37-10-20(22,23)24/h6-7,11H,4-5,8-10H2,1-3H3/t11-/m1/s1. The Hall–Kier alpha value is -3.50. The predicted octanol–water partition coefficient (Wildman–Crippen LogP) is 3.51. The molecule has 0 bridgehead atoms. The SMILES string of the molecule is Cc1nc(C)n(CC(=O)N2CCN(c3sc(C(F)(F)F)nc3-c3cnc(OCC(F)(F)F)nc3)C[C@H]2C)n1. The van der Waals surface area contributed by atoms with E-state index in [9.17, 15) is 31.1 Å². The fraction of sp³-hybridized carbons (Fsp3) is 0.524. The van der Waals surface area contributed by atoms with Crippen molar-refractivity contribution in [1.29, 1.82) is 0 Å². The third-order valence-corrected chi connectivity index (χ3v) is 6.76. The van der Waals surface area contributed by atoms with Crippen LogP contribution in [0.3, 0.4) is 0 Å². The molecule has 1 atom stereocenters. The monoisotopic (exact) mass is 564 g/mol. The second kappa shape index (κ2) is 10.3. The van der Waals surface area contributed by atoms with Crippen molar-refractivity contribution < 1.29 is 35.9 Å². The molecule has 1 fully saturated rings. The summed E-state index contributed by atoms with van der Waals surface area (Å²) in [5.74, 6) is 0.928. The third kappa shape index (κ3) is 6.31. The summed E-state index contributed by atoms with van der Waals surface area (Å²) in [6.07, 6.45) is -7.20. The first-order valence-electron chi connectivity index (χ1n) is 11.2. The van der Waals surface area contributed by atoms with Crippen LogP contribution in [0.25, 0.3) is 11.3 Å². The van der Waals surface area contributed by atoms with Crippen LogP contribution >= 0.6 is 11.3 Å². The van der Waals surface area contributed by atoms with Crippen LogP contribution in [-0.4, -0.2) is 79.0 Å². The molecular weight excluding hydrogens is 542 g/mol. The molecular formula is C21H22F6N8O2S. The van der Waals surface area contributed by atoms with Gasteiger partial charge in [-0.25, -0.2) is 24.6 Å². The molecule has 206 valence electrons. The molecule has 0 unspecified atom stereocenters. The zero-order valence-corrected chi connectivity index (χ0v) is 21.2. The number of anilines is 1. The molecule has 1 aliphatic heterocycles. The minimum absolute atomic E-state index is 0.0128. The smallest absolute Gasteiger partial charge is 0.443 e. The second-order valence-corrected chi connectivity index (χ2v) is 9.55. The van der Waals surface area contributed by atoms with Crippen LogP contribution in [-0.2, 0) is 17.5 Å². The van der Waals surface area contributed by atoms with E-state index in [2.05, 4.69) is 29.8 Å². The van der Waals surface area contributed by atoms with Gasteiger partial charge in [-0.1, -0.05) is 11.3 Å². The fourth-order valence-electron chi connectivity index (χ4n) is 3.94. The van der Waals surface area contributed by atoms with Gasteiger partial charge in [0.25, 0.3) is 0 Å². The first kappa shape index (κ1) is 27.5. The molecule has 3 aromatic heterocycles. The summed E-state index contributed by atoms with van der Waals surface area (Å²) < 4.78 is 83.6. The highest BCUT2D eigenvalue weighted by atomic mass is 32.1. The van der Waals surface area contributed by atoms with E-state index in [1.807, 2.05) is 0 Å². The number of carbonyl (C=O) groups is 1. The molecule has 0 N–H and O–H groups in total. The fourth-order valence-corrected chi connectivity index (χ4v) is 4.93. The van der Waals surface area contributed by atoms with Crippen molar-refractivity contribution in [2.75, 3.05) is 31.1 Å². The Balaban J connectivity index is 1.53. The van der Waals surface area contributed by atoms with Crippen molar-refractivity contribution >= 4 is 22.2 Å². The Morgan fingerprint density at radius 1 is 1.11 bits per heavy atom. The molecule has 17 heteroatoms. The van der Waals surface area contributed by atoms with E-state index in [1.165, 1.54) is 4.68 Å². The quantitative estimate of drug-likeness (QED) is 0.420. The van der Waals surface area contributed by atoms with Crippen LogP contribution in [0.1, 0.15) is 23.6 Å². The van der Waals surface area contributed by atoms with Gasteiger partial charge in [-0.2, -0.15) is 31.4 Å². The zero-order chi connectivity index (χ0) is 27.8. The maximum absolute atomic E-state index is 13.5. The summed E-state index contributed by atoms with van der Waals surface area (Å²) in [5, 5.41) is 3.28. The van der Waals surface area contributed by atoms with Gasteiger partial charge in [0.2, 0.25) is 10.9 Å². The molecule has 0 spiro atoms. The lowest BCUT2D eigenvalue weighted by Crippen LogP contribution is -2.54. The van der Waals surface area contributed by atoms with Crippen LogP contribution in [0.15, 0.2) is 12.4 Å². The molecule has 10 nitrogen and oxygen atoms in total. The number of rotatable bonds is 6. The molecule has 0 aromatic carbocycles. The summed E-state index contributed by atoms with van der Waals surface area (Å²) in [5.41, 5.74) is 0.0136. The average Bonchev–Trinajstić information content (AvgIpc) is 3.40. The van der Waals surface area contributed by atoms with Gasteiger partial charge in [0.1, 0.15) is 28.9 Å². The number of hydrogen-bond acceptors (Lipinski definition) is 9. The second-order valence-electron chi connectivity index (χ2n) is 8.57. The molecule has 1 aliphatic rings. The van der Waals surface area contributed by atoms with E-state index in [1.54, 1.807) is 30.6 Å².